The lowest BCUT2D eigenvalue weighted by Gasteiger charge is -2.23. The third-order valence-corrected chi connectivity index (χ3v) is 1.64. The number of aliphatic carboxylic acids is 1. The average molecular weight is 142 g/mol. The molecule has 0 fully saturated rings. The minimum absolute atomic E-state index is 0.495. The Bertz CT molecular complexity index is 179. The van der Waals surface area contributed by atoms with Gasteiger partial charge < -0.3 is 10.1 Å². The van der Waals surface area contributed by atoms with Crippen LogP contribution in [0, 0.1) is 0 Å². The van der Waals surface area contributed by atoms with Crippen LogP contribution in [0.3, 0.4) is 0 Å². The summed E-state index contributed by atoms with van der Waals surface area (Å²) in [6.45, 7) is 0. The highest BCUT2D eigenvalue weighted by atomic mass is 16.4. The Kier molecular flexibility index (Phi) is 1.63. The topological polar surface area (TPSA) is 43.8 Å². The molecule has 10 heavy (non-hydrogen) atoms. The molecule has 0 radical (unpaired) electrons. The highest BCUT2D eigenvalue weighted by Gasteiger charge is 2.25. The van der Waals surface area contributed by atoms with Gasteiger partial charge in [0.1, 0.15) is 6.04 Å². The van der Waals surface area contributed by atoms with Crippen LogP contribution in [0.1, 0.15) is 0 Å². The monoisotopic (exact) mass is 142 g/mol. The van der Waals surface area contributed by atoms with Gasteiger partial charge >= 0.3 is 5.97 Å². The van der Waals surface area contributed by atoms with Crippen LogP contribution < -0.4 is 0 Å². The fourth-order valence-corrected chi connectivity index (χ4v) is 0.874. The molecule has 1 aliphatic rings. The van der Waals surface area contributed by atoms with Crippen LogP contribution in [0.5, 0.6) is 0 Å². The SMILES string of the molecule is CN1C=CC(C(=O)O)N1C. The Balaban J connectivity index is 2.66. The molecule has 1 N–H and O–H groups in total. The van der Waals surface area contributed by atoms with E-state index in [1.807, 2.05) is 0 Å². The van der Waals surface area contributed by atoms with Gasteiger partial charge in [-0.1, -0.05) is 0 Å². The molecule has 0 aromatic carbocycles. The number of carbonyl (C=O) groups is 1. The van der Waals surface area contributed by atoms with E-state index in [1.165, 1.54) is 0 Å². The van der Waals surface area contributed by atoms with Crippen molar-refractivity contribution in [2.45, 2.75) is 6.04 Å². The second-order valence-electron chi connectivity index (χ2n) is 2.27. The van der Waals surface area contributed by atoms with Gasteiger partial charge in [-0.2, -0.15) is 0 Å². The molecular weight excluding hydrogens is 132 g/mol. The van der Waals surface area contributed by atoms with E-state index in [-0.39, 0.29) is 0 Å². The first-order valence-electron chi connectivity index (χ1n) is 2.99. The van der Waals surface area contributed by atoms with E-state index in [9.17, 15) is 4.79 Å². The molecule has 1 atom stereocenters. The summed E-state index contributed by atoms with van der Waals surface area (Å²) in [4.78, 5) is 10.4. The first-order chi connectivity index (χ1) is 4.63. The second-order valence-corrected chi connectivity index (χ2v) is 2.27. The van der Waals surface area contributed by atoms with E-state index < -0.39 is 12.0 Å². The average Bonchev–Trinajstić information content (AvgIpc) is 2.14. The Labute approximate surface area is 59.3 Å². The fourth-order valence-electron chi connectivity index (χ4n) is 0.874. The number of hydrogen-bond donors (Lipinski definition) is 1. The van der Waals surface area contributed by atoms with Gasteiger partial charge in [-0.25, -0.2) is 5.01 Å². The minimum Gasteiger partial charge on any atom is -0.480 e. The molecule has 0 bridgehead atoms. The zero-order chi connectivity index (χ0) is 7.72. The predicted molar refractivity (Wildman–Crippen MR) is 36.1 cm³/mol. The normalized spacial score (nSPS) is 25.8. The number of rotatable bonds is 1. The van der Waals surface area contributed by atoms with E-state index in [0.717, 1.165) is 0 Å². The third kappa shape index (κ3) is 0.974. The van der Waals surface area contributed by atoms with Crippen LogP contribution in [0.25, 0.3) is 0 Å². The largest absolute Gasteiger partial charge is 0.480 e. The van der Waals surface area contributed by atoms with E-state index in [0.29, 0.717) is 0 Å². The van der Waals surface area contributed by atoms with E-state index in [2.05, 4.69) is 0 Å². The van der Waals surface area contributed by atoms with E-state index in [4.69, 9.17) is 5.11 Å². The number of carboxylic acid groups (broad SMARTS) is 1. The Hall–Kier alpha value is -1.03. The molecule has 56 valence electrons. The molecular formula is C6H10N2O2. The number of hydrazine groups is 1. The summed E-state index contributed by atoms with van der Waals surface area (Å²) < 4.78 is 0. The lowest BCUT2D eigenvalue weighted by Crippen LogP contribution is -2.39. The van der Waals surface area contributed by atoms with Crippen LogP contribution in [-0.4, -0.2) is 41.2 Å². The first-order valence-corrected chi connectivity index (χ1v) is 2.99. The number of likely N-dealkylation sites (N-methyl/N-ethyl adjacent to an activating group) is 1. The lowest BCUT2D eigenvalue weighted by molar-refractivity contribution is -0.143. The summed E-state index contributed by atoms with van der Waals surface area (Å²) in [5.41, 5.74) is 0. The molecule has 0 spiro atoms. The maximum atomic E-state index is 10.4. The lowest BCUT2D eigenvalue weighted by atomic mass is 10.3. The highest BCUT2D eigenvalue weighted by molar-refractivity contribution is 5.76. The van der Waals surface area contributed by atoms with Gasteiger partial charge in [-0.05, 0) is 6.08 Å². The summed E-state index contributed by atoms with van der Waals surface area (Å²) in [7, 11) is 3.54. The molecule has 1 heterocycles. The molecule has 0 aromatic heterocycles. The summed E-state index contributed by atoms with van der Waals surface area (Å²) in [5.74, 6) is -0.817. The molecule has 0 amide bonds. The minimum atomic E-state index is -0.817. The van der Waals surface area contributed by atoms with Gasteiger partial charge in [0, 0.05) is 20.3 Å². The Morgan fingerprint density at radius 2 is 2.20 bits per heavy atom. The van der Waals surface area contributed by atoms with Crippen molar-refractivity contribution in [3.8, 4) is 0 Å². The van der Waals surface area contributed by atoms with Gasteiger partial charge in [0.15, 0.2) is 0 Å². The van der Waals surface area contributed by atoms with Crippen molar-refractivity contribution in [1.82, 2.24) is 10.0 Å². The van der Waals surface area contributed by atoms with Crippen molar-refractivity contribution in [3.63, 3.8) is 0 Å². The molecule has 0 aliphatic carbocycles. The third-order valence-electron chi connectivity index (χ3n) is 1.64. The molecule has 1 unspecified atom stereocenters. The van der Waals surface area contributed by atoms with Gasteiger partial charge in [0.25, 0.3) is 0 Å². The van der Waals surface area contributed by atoms with Gasteiger partial charge in [0.05, 0.1) is 0 Å². The summed E-state index contributed by atoms with van der Waals surface area (Å²) in [6.07, 6.45) is 3.38. The molecule has 0 saturated carbocycles. The summed E-state index contributed by atoms with van der Waals surface area (Å²) >= 11 is 0. The van der Waals surface area contributed by atoms with Crippen molar-refractivity contribution in [2.75, 3.05) is 14.1 Å². The zero-order valence-corrected chi connectivity index (χ0v) is 5.98. The summed E-state index contributed by atoms with van der Waals surface area (Å²) in [5, 5.41) is 12.0. The van der Waals surface area contributed by atoms with Crippen LogP contribution in [0.2, 0.25) is 0 Å². The quantitative estimate of drug-likeness (QED) is 0.548. The van der Waals surface area contributed by atoms with Crippen LogP contribution >= 0.6 is 0 Å². The van der Waals surface area contributed by atoms with Crippen LogP contribution in [-0.2, 0) is 4.79 Å². The number of hydrogen-bond acceptors (Lipinski definition) is 3. The van der Waals surface area contributed by atoms with Gasteiger partial charge in [-0.15, -0.1) is 0 Å². The van der Waals surface area contributed by atoms with E-state index >= 15 is 0 Å². The van der Waals surface area contributed by atoms with E-state index in [1.54, 1.807) is 36.4 Å². The first kappa shape index (κ1) is 7.08. The Morgan fingerprint density at radius 3 is 2.40 bits per heavy atom. The molecule has 1 rings (SSSR count). The second kappa shape index (κ2) is 2.30. The zero-order valence-electron chi connectivity index (χ0n) is 5.98. The Morgan fingerprint density at radius 1 is 1.60 bits per heavy atom. The fraction of sp³-hybridized carbons (Fsp3) is 0.500. The molecule has 0 saturated heterocycles. The van der Waals surface area contributed by atoms with Gasteiger partial charge in [-0.3, -0.25) is 4.79 Å². The van der Waals surface area contributed by atoms with Crippen molar-refractivity contribution < 1.29 is 9.90 Å². The molecule has 4 nitrogen and oxygen atoms in total. The van der Waals surface area contributed by atoms with Crippen LogP contribution in [0.4, 0.5) is 0 Å². The molecule has 4 heteroatoms. The summed E-state index contributed by atoms with van der Waals surface area (Å²) in [6, 6.07) is -0.495. The molecule has 0 aromatic rings. The van der Waals surface area contributed by atoms with Crippen molar-refractivity contribution in [1.29, 1.82) is 0 Å². The molecule has 1 aliphatic heterocycles. The smallest absolute Gasteiger partial charge is 0.326 e. The van der Waals surface area contributed by atoms with Gasteiger partial charge in [0.2, 0.25) is 0 Å². The number of carboxylic acids is 1. The van der Waals surface area contributed by atoms with Crippen molar-refractivity contribution in [2.24, 2.45) is 0 Å². The maximum absolute atomic E-state index is 10.4. The number of nitrogens with zero attached hydrogens (tertiary/aromatic N) is 2. The maximum Gasteiger partial charge on any atom is 0.326 e. The predicted octanol–water partition coefficient (Wildman–Crippen LogP) is -0.255. The standard InChI is InChI=1S/C6H10N2O2/c1-7-4-3-5(6(9)10)8(7)2/h3-5H,1-2H3,(H,9,10). The van der Waals surface area contributed by atoms with Crippen molar-refractivity contribution >= 4 is 5.97 Å². The van der Waals surface area contributed by atoms with Crippen molar-refractivity contribution in [3.05, 3.63) is 12.3 Å². The van der Waals surface area contributed by atoms with Crippen LogP contribution in [0.15, 0.2) is 12.3 Å². The highest BCUT2D eigenvalue weighted by Crippen LogP contribution is 2.09.